The van der Waals surface area contributed by atoms with Crippen LogP contribution in [0.15, 0.2) is 0 Å². The molecule has 0 spiro atoms. The van der Waals surface area contributed by atoms with Crippen molar-refractivity contribution in [2.75, 3.05) is 0 Å². The number of nitrogens with zero attached hydrogens (tertiary/aromatic N) is 2. The van der Waals surface area contributed by atoms with E-state index in [9.17, 15) is 19.7 Å². The fraction of sp³-hybridized carbons (Fsp3) is 0.615. The predicted octanol–water partition coefficient (Wildman–Crippen LogP) is 2.27. The van der Waals surface area contributed by atoms with Crippen molar-refractivity contribution in [1.82, 2.24) is 9.69 Å². The molecule has 23 heavy (non-hydrogen) atoms. The minimum Gasteiger partial charge on any atom is -0.480 e. The van der Waals surface area contributed by atoms with Crippen molar-refractivity contribution in [1.29, 1.82) is 0 Å². The normalized spacial score (nSPS) is 12.5. The molecule has 10 heteroatoms. The van der Waals surface area contributed by atoms with E-state index in [1.54, 1.807) is 20.8 Å². The lowest BCUT2D eigenvalue weighted by atomic mass is 10.1. The lowest BCUT2D eigenvalue weighted by Gasteiger charge is -2.21. The SMILES string of the molecule is Cc1nsc(CC[C@H](NC(=O)OC(C)(C)C)C(=O)O)c1[N+](=O)[O-]. The number of carbonyl (C=O) groups excluding carboxylic acids is 1. The van der Waals surface area contributed by atoms with Crippen molar-refractivity contribution in [3.8, 4) is 0 Å². The largest absolute Gasteiger partial charge is 0.480 e. The van der Waals surface area contributed by atoms with Crippen molar-refractivity contribution in [2.45, 2.75) is 52.2 Å². The number of aromatic nitrogens is 1. The van der Waals surface area contributed by atoms with Gasteiger partial charge >= 0.3 is 17.7 Å². The first-order valence-electron chi connectivity index (χ1n) is 6.83. The lowest BCUT2D eigenvalue weighted by Crippen LogP contribution is -2.43. The van der Waals surface area contributed by atoms with E-state index in [0.717, 1.165) is 11.5 Å². The number of nitrogens with one attached hydrogen (secondary N) is 1. The summed E-state index contributed by atoms with van der Waals surface area (Å²) in [5.74, 6) is -1.24. The van der Waals surface area contributed by atoms with E-state index in [4.69, 9.17) is 9.84 Å². The molecule has 1 amide bonds. The summed E-state index contributed by atoms with van der Waals surface area (Å²) in [5.41, 5.74) is -0.556. The highest BCUT2D eigenvalue weighted by Gasteiger charge is 2.27. The van der Waals surface area contributed by atoms with E-state index in [-0.39, 0.29) is 18.5 Å². The lowest BCUT2D eigenvalue weighted by molar-refractivity contribution is -0.385. The third-order valence-electron chi connectivity index (χ3n) is 2.73. The van der Waals surface area contributed by atoms with Gasteiger partial charge in [-0.25, -0.2) is 9.59 Å². The number of ether oxygens (including phenoxy) is 1. The molecule has 9 nitrogen and oxygen atoms in total. The van der Waals surface area contributed by atoms with Gasteiger partial charge in [0.1, 0.15) is 22.2 Å². The van der Waals surface area contributed by atoms with Gasteiger partial charge in [0.15, 0.2) is 0 Å². The molecule has 1 aromatic rings. The second-order valence-electron chi connectivity index (χ2n) is 5.87. The minimum atomic E-state index is -1.24. The van der Waals surface area contributed by atoms with E-state index in [1.807, 2.05) is 0 Å². The topological polar surface area (TPSA) is 132 Å². The van der Waals surface area contributed by atoms with Gasteiger partial charge in [-0.15, -0.1) is 0 Å². The first kappa shape index (κ1) is 18.8. The number of alkyl carbamates (subject to hydrolysis) is 1. The summed E-state index contributed by atoms with van der Waals surface area (Å²) < 4.78 is 8.92. The van der Waals surface area contributed by atoms with E-state index in [1.165, 1.54) is 6.92 Å². The molecule has 1 atom stereocenters. The Morgan fingerprint density at radius 2 is 2.09 bits per heavy atom. The second kappa shape index (κ2) is 7.36. The fourth-order valence-corrected chi connectivity index (χ4v) is 2.64. The van der Waals surface area contributed by atoms with Crippen LogP contribution < -0.4 is 5.32 Å². The van der Waals surface area contributed by atoms with E-state index in [0.29, 0.717) is 10.6 Å². The molecule has 0 saturated carbocycles. The Morgan fingerprint density at radius 3 is 2.57 bits per heavy atom. The number of carboxylic acid groups (broad SMARTS) is 1. The second-order valence-corrected chi connectivity index (χ2v) is 6.73. The van der Waals surface area contributed by atoms with Crippen LogP contribution in [0.25, 0.3) is 0 Å². The third-order valence-corrected chi connectivity index (χ3v) is 3.71. The van der Waals surface area contributed by atoms with Crippen LogP contribution in [-0.2, 0) is 16.0 Å². The standard InChI is InChI=1S/C13H19N3O6S/c1-7-10(16(20)21)9(23-15-7)6-5-8(11(17)18)14-12(19)22-13(2,3)4/h8H,5-6H2,1-4H3,(H,14,19)(H,17,18)/t8-/m0/s1. The summed E-state index contributed by atoms with van der Waals surface area (Å²) in [7, 11) is 0. The van der Waals surface area contributed by atoms with E-state index in [2.05, 4.69) is 9.69 Å². The third kappa shape index (κ3) is 5.81. The van der Waals surface area contributed by atoms with Crippen LogP contribution in [0.5, 0.6) is 0 Å². The van der Waals surface area contributed by atoms with Crippen LogP contribution in [0.3, 0.4) is 0 Å². The average molecular weight is 345 g/mol. The maximum Gasteiger partial charge on any atom is 0.408 e. The molecule has 0 bridgehead atoms. The van der Waals surface area contributed by atoms with E-state index < -0.39 is 28.6 Å². The van der Waals surface area contributed by atoms with Gasteiger partial charge in [0.25, 0.3) is 0 Å². The Labute approximate surface area is 137 Å². The number of amides is 1. The zero-order valence-electron chi connectivity index (χ0n) is 13.3. The first-order valence-corrected chi connectivity index (χ1v) is 7.60. The number of carbonyl (C=O) groups is 2. The highest BCUT2D eigenvalue weighted by molar-refractivity contribution is 7.06. The quantitative estimate of drug-likeness (QED) is 0.597. The number of carboxylic acids is 1. The highest BCUT2D eigenvalue weighted by Crippen LogP contribution is 2.28. The molecule has 1 rings (SSSR count). The Morgan fingerprint density at radius 1 is 1.48 bits per heavy atom. The number of aryl methyl sites for hydroxylation is 2. The molecule has 0 aliphatic carbocycles. The number of hydrogen-bond acceptors (Lipinski definition) is 7. The van der Waals surface area contributed by atoms with Gasteiger partial charge < -0.3 is 15.2 Å². The maximum atomic E-state index is 11.6. The van der Waals surface area contributed by atoms with Crippen molar-refractivity contribution in [3.63, 3.8) is 0 Å². The molecule has 0 saturated heterocycles. The van der Waals surface area contributed by atoms with Gasteiger partial charge in [0.05, 0.1) is 4.92 Å². The highest BCUT2D eigenvalue weighted by atomic mass is 32.1. The van der Waals surface area contributed by atoms with E-state index >= 15 is 0 Å². The van der Waals surface area contributed by atoms with Crippen LogP contribution >= 0.6 is 11.5 Å². The number of nitro groups is 1. The molecule has 0 fully saturated rings. The average Bonchev–Trinajstić information content (AvgIpc) is 2.73. The fourth-order valence-electron chi connectivity index (χ4n) is 1.79. The monoisotopic (exact) mass is 345 g/mol. The summed E-state index contributed by atoms with van der Waals surface area (Å²) in [6.45, 7) is 6.50. The summed E-state index contributed by atoms with van der Waals surface area (Å²) in [5, 5.41) is 22.4. The number of hydrogen-bond donors (Lipinski definition) is 2. The van der Waals surface area contributed by atoms with Crippen LogP contribution in [0, 0.1) is 17.0 Å². The van der Waals surface area contributed by atoms with Gasteiger partial charge in [-0.1, -0.05) is 0 Å². The van der Waals surface area contributed by atoms with Gasteiger partial charge in [0, 0.05) is 0 Å². The van der Waals surface area contributed by atoms with Crippen molar-refractivity contribution in [3.05, 3.63) is 20.7 Å². The molecular weight excluding hydrogens is 326 g/mol. The van der Waals surface area contributed by atoms with Crippen LogP contribution in [0.1, 0.15) is 37.8 Å². The molecule has 0 aromatic carbocycles. The minimum absolute atomic E-state index is 0.00293. The Bertz CT molecular complexity index is 607. The molecular formula is C13H19N3O6S. The molecule has 1 aromatic heterocycles. The van der Waals surface area contributed by atoms with Gasteiger partial charge in [-0.3, -0.25) is 10.1 Å². The van der Waals surface area contributed by atoms with Crippen molar-refractivity contribution >= 4 is 29.3 Å². The van der Waals surface area contributed by atoms with Gasteiger partial charge in [-0.05, 0) is 52.1 Å². The molecule has 0 aliphatic heterocycles. The summed E-state index contributed by atoms with van der Waals surface area (Å²) in [4.78, 5) is 33.7. The number of aliphatic carboxylic acids is 1. The molecule has 0 unspecified atom stereocenters. The molecule has 1 heterocycles. The summed E-state index contributed by atoms with van der Waals surface area (Å²) >= 11 is 0.959. The Kier molecular flexibility index (Phi) is 6.02. The Hall–Kier alpha value is -2.23. The van der Waals surface area contributed by atoms with Crippen LogP contribution in [-0.4, -0.2) is 38.1 Å². The zero-order valence-corrected chi connectivity index (χ0v) is 14.1. The van der Waals surface area contributed by atoms with Crippen LogP contribution in [0.4, 0.5) is 10.5 Å². The molecule has 0 aliphatic rings. The van der Waals surface area contributed by atoms with Gasteiger partial charge in [0.2, 0.25) is 0 Å². The predicted molar refractivity (Wildman–Crippen MR) is 82.6 cm³/mol. The smallest absolute Gasteiger partial charge is 0.408 e. The zero-order chi connectivity index (χ0) is 17.8. The first-order chi connectivity index (χ1) is 10.5. The molecule has 2 N–H and O–H groups in total. The maximum absolute atomic E-state index is 11.6. The number of rotatable bonds is 6. The van der Waals surface area contributed by atoms with Crippen molar-refractivity contribution in [2.24, 2.45) is 0 Å². The van der Waals surface area contributed by atoms with Crippen LogP contribution in [0.2, 0.25) is 0 Å². The summed E-state index contributed by atoms with van der Waals surface area (Å²) in [6.07, 6.45) is -0.731. The van der Waals surface area contributed by atoms with Crippen molar-refractivity contribution < 1.29 is 24.4 Å². The Balaban J connectivity index is 2.73. The van der Waals surface area contributed by atoms with Gasteiger partial charge in [-0.2, -0.15) is 4.37 Å². The summed E-state index contributed by atoms with van der Waals surface area (Å²) in [6, 6.07) is -1.20. The molecule has 128 valence electrons. The molecule has 0 radical (unpaired) electrons.